The number of carbonyl (C=O) groups excluding carboxylic acids is 2. The molecule has 0 spiro atoms. The second-order valence-corrected chi connectivity index (χ2v) is 5.82. The number of aryl methyl sites for hydroxylation is 1. The van der Waals surface area contributed by atoms with Crippen molar-refractivity contribution < 1.29 is 18.7 Å². The van der Waals surface area contributed by atoms with Crippen LogP contribution in [0.5, 0.6) is 0 Å². The average molecular weight is 365 g/mol. The van der Waals surface area contributed by atoms with Crippen LogP contribution < -0.4 is 5.32 Å². The third kappa shape index (κ3) is 6.58. The third-order valence-corrected chi connectivity index (χ3v) is 3.69. The van der Waals surface area contributed by atoms with E-state index in [-0.39, 0.29) is 18.3 Å². The van der Waals surface area contributed by atoms with Crippen molar-refractivity contribution in [1.29, 1.82) is 0 Å². The van der Waals surface area contributed by atoms with Gasteiger partial charge in [0, 0.05) is 36.4 Å². The van der Waals surface area contributed by atoms with Crippen molar-refractivity contribution in [1.82, 2.24) is 10.3 Å². The van der Waals surface area contributed by atoms with Gasteiger partial charge in [0.1, 0.15) is 0 Å². The number of aromatic nitrogens is 1. The lowest BCUT2D eigenvalue weighted by Crippen LogP contribution is -2.25. The van der Waals surface area contributed by atoms with Crippen LogP contribution in [0.3, 0.4) is 0 Å². The normalized spacial score (nSPS) is 10.5. The molecule has 0 saturated heterocycles. The van der Waals surface area contributed by atoms with Crippen LogP contribution >= 0.6 is 11.6 Å². The number of carbonyl (C=O) groups is 2. The Bertz CT molecular complexity index is 697. The summed E-state index contributed by atoms with van der Waals surface area (Å²) in [5.41, 5.74) is 0.881. The highest BCUT2D eigenvalue weighted by molar-refractivity contribution is 6.30. The fourth-order valence-corrected chi connectivity index (χ4v) is 2.30. The van der Waals surface area contributed by atoms with Crippen molar-refractivity contribution >= 4 is 23.5 Å². The molecule has 1 aromatic carbocycles. The quantitative estimate of drug-likeness (QED) is 0.545. The molecule has 0 fully saturated rings. The molecule has 1 aromatic heterocycles. The maximum Gasteiger partial charge on any atom is 0.305 e. The molecule has 25 heavy (non-hydrogen) atoms. The smallest absolute Gasteiger partial charge is 0.305 e. The fourth-order valence-electron chi connectivity index (χ4n) is 2.18. The minimum absolute atomic E-state index is 0.102. The van der Waals surface area contributed by atoms with Crippen LogP contribution in [0.4, 0.5) is 0 Å². The number of esters is 1. The number of oxazole rings is 1. The second kappa shape index (κ2) is 9.84. The first-order chi connectivity index (χ1) is 12.1. The van der Waals surface area contributed by atoms with E-state index < -0.39 is 0 Å². The number of nitrogens with zero attached hydrogens (tertiary/aromatic N) is 1. The predicted octanol–water partition coefficient (Wildman–Crippen LogP) is 3.39. The SMILES string of the molecule is CCOC(=O)CCCNC(=O)CCc1ncc(-c2ccc(Cl)cc2)o1. The molecule has 2 aromatic rings. The Morgan fingerprint density at radius 2 is 2.00 bits per heavy atom. The van der Waals surface area contributed by atoms with Gasteiger partial charge in [0.2, 0.25) is 5.91 Å². The lowest BCUT2D eigenvalue weighted by molar-refractivity contribution is -0.143. The third-order valence-electron chi connectivity index (χ3n) is 3.43. The summed E-state index contributed by atoms with van der Waals surface area (Å²) in [7, 11) is 0. The molecular weight excluding hydrogens is 344 g/mol. The van der Waals surface area contributed by atoms with Crippen LogP contribution in [-0.2, 0) is 20.7 Å². The van der Waals surface area contributed by atoms with Gasteiger partial charge in [-0.3, -0.25) is 9.59 Å². The van der Waals surface area contributed by atoms with E-state index >= 15 is 0 Å². The number of benzene rings is 1. The van der Waals surface area contributed by atoms with Gasteiger partial charge < -0.3 is 14.5 Å². The van der Waals surface area contributed by atoms with Crippen molar-refractivity contribution in [2.45, 2.75) is 32.6 Å². The Morgan fingerprint density at radius 1 is 1.24 bits per heavy atom. The van der Waals surface area contributed by atoms with Crippen molar-refractivity contribution in [2.24, 2.45) is 0 Å². The first-order valence-electron chi connectivity index (χ1n) is 8.21. The summed E-state index contributed by atoms with van der Waals surface area (Å²) >= 11 is 5.86. The standard InChI is InChI=1S/C18H21ClN2O4/c1-2-24-18(23)4-3-11-20-16(22)9-10-17-21-12-15(25-17)13-5-7-14(19)8-6-13/h5-8,12H,2-4,9-11H2,1H3,(H,20,22). The first-order valence-corrected chi connectivity index (χ1v) is 8.59. The van der Waals surface area contributed by atoms with Crippen LogP contribution in [-0.4, -0.2) is 30.0 Å². The van der Waals surface area contributed by atoms with Gasteiger partial charge in [-0.05, 0) is 37.6 Å². The van der Waals surface area contributed by atoms with E-state index in [4.69, 9.17) is 20.8 Å². The van der Waals surface area contributed by atoms with E-state index in [1.54, 1.807) is 25.3 Å². The topological polar surface area (TPSA) is 81.4 Å². The van der Waals surface area contributed by atoms with Crippen molar-refractivity contribution in [3.8, 4) is 11.3 Å². The summed E-state index contributed by atoms with van der Waals surface area (Å²) in [5.74, 6) is 0.800. The molecule has 1 heterocycles. The summed E-state index contributed by atoms with van der Waals surface area (Å²) in [6.07, 6.45) is 3.19. The van der Waals surface area contributed by atoms with Gasteiger partial charge in [-0.2, -0.15) is 0 Å². The van der Waals surface area contributed by atoms with Gasteiger partial charge in [0.25, 0.3) is 0 Å². The number of hydrogen-bond acceptors (Lipinski definition) is 5. The highest BCUT2D eigenvalue weighted by Gasteiger charge is 2.09. The molecule has 0 aliphatic carbocycles. The van der Waals surface area contributed by atoms with E-state index in [0.717, 1.165) is 5.56 Å². The largest absolute Gasteiger partial charge is 0.466 e. The Labute approximate surface area is 151 Å². The molecule has 0 radical (unpaired) electrons. The number of ether oxygens (including phenoxy) is 1. The lowest BCUT2D eigenvalue weighted by atomic mass is 10.2. The maximum atomic E-state index is 11.8. The van der Waals surface area contributed by atoms with Gasteiger partial charge in [0.15, 0.2) is 11.7 Å². The Hall–Kier alpha value is -2.34. The van der Waals surface area contributed by atoms with Gasteiger partial charge in [-0.1, -0.05) is 11.6 Å². The fraction of sp³-hybridized carbons (Fsp3) is 0.389. The molecule has 1 amide bonds. The maximum absolute atomic E-state index is 11.8. The molecular formula is C18H21ClN2O4. The molecule has 134 valence electrons. The van der Waals surface area contributed by atoms with E-state index in [0.29, 0.717) is 49.1 Å². The number of amides is 1. The minimum Gasteiger partial charge on any atom is -0.466 e. The van der Waals surface area contributed by atoms with E-state index in [1.165, 1.54) is 0 Å². The number of hydrogen-bond donors (Lipinski definition) is 1. The Kier molecular flexibility index (Phi) is 7.47. The molecule has 0 unspecified atom stereocenters. The monoisotopic (exact) mass is 364 g/mol. The molecule has 0 aliphatic rings. The first kappa shape index (κ1) is 19.0. The summed E-state index contributed by atoms with van der Waals surface area (Å²) in [6, 6.07) is 7.26. The summed E-state index contributed by atoms with van der Waals surface area (Å²) in [4.78, 5) is 27.1. The predicted molar refractivity (Wildman–Crippen MR) is 94.1 cm³/mol. The van der Waals surface area contributed by atoms with Crippen LogP contribution in [0.25, 0.3) is 11.3 Å². The molecule has 0 atom stereocenters. The summed E-state index contributed by atoms with van der Waals surface area (Å²) in [5, 5.41) is 3.42. The molecule has 6 nitrogen and oxygen atoms in total. The van der Waals surface area contributed by atoms with Crippen LogP contribution in [0, 0.1) is 0 Å². The zero-order valence-corrected chi connectivity index (χ0v) is 14.8. The van der Waals surface area contributed by atoms with Crippen LogP contribution in [0.15, 0.2) is 34.9 Å². The zero-order valence-electron chi connectivity index (χ0n) is 14.1. The van der Waals surface area contributed by atoms with Gasteiger partial charge in [-0.15, -0.1) is 0 Å². The average Bonchev–Trinajstić information content (AvgIpc) is 3.07. The molecule has 2 rings (SSSR count). The lowest BCUT2D eigenvalue weighted by Gasteiger charge is -2.04. The highest BCUT2D eigenvalue weighted by Crippen LogP contribution is 2.22. The van der Waals surface area contributed by atoms with Crippen LogP contribution in [0.2, 0.25) is 5.02 Å². The summed E-state index contributed by atoms with van der Waals surface area (Å²) < 4.78 is 10.5. The number of halogens is 1. The van der Waals surface area contributed by atoms with Gasteiger partial charge >= 0.3 is 5.97 Å². The Morgan fingerprint density at radius 3 is 2.72 bits per heavy atom. The van der Waals surface area contributed by atoms with Crippen LogP contribution in [0.1, 0.15) is 32.1 Å². The van der Waals surface area contributed by atoms with E-state index in [2.05, 4.69) is 10.3 Å². The van der Waals surface area contributed by atoms with Crippen molar-refractivity contribution in [3.05, 3.63) is 41.4 Å². The summed E-state index contributed by atoms with van der Waals surface area (Å²) in [6.45, 7) is 2.58. The Balaban J connectivity index is 1.70. The number of nitrogens with one attached hydrogen (secondary N) is 1. The molecule has 0 aliphatic heterocycles. The van der Waals surface area contributed by atoms with E-state index in [1.807, 2.05) is 12.1 Å². The van der Waals surface area contributed by atoms with Crippen molar-refractivity contribution in [2.75, 3.05) is 13.2 Å². The molecule has 1 N–H and O–H groups in total. The second-order valence-electron chi connectivity index (χ2n) is 5.38. The minimum atomic E-state index is -0.244. The molecule has 0 bridgehead atoms. The molecule has 7 heteroatoms. The zero-order chi connectivity index (χ0) is 18.1. The van der Waals surface area contributed by atoms with Gasteiger partial charge in [0.05, 0.1) is 12.8 Å². The highest BCUT2D eigenvalue weighted by atomic mass is 35.5. The van der Waals surface area contributed by atoms with Crippen molar-refractivity contribution in [3.63, 3.8) is 0 Å². The van der Waals surface area contributed by atoms with Gasteiger partial charge in [-0.25, -0.2) is 4.98 Å². The number of rotatable bonds is 9. The van der Waals surface area contributed by atoms with E-state index in [9.17, 15) is 9.59 Å². The molecule has 0 saturated carbocycles.